The zero-order chi connectivity index (χ0) is 20.6. The van der Waals surface area contributed by atoms with E-state index in [0.717, 1.165) is 70.1 Å². The molecule has 2 aliphatic heterocycles. The van der Waals surface area contributed by atoms with Crippen molar-refractivity contribution in [1.29, 1.82) is 0 Å². The fourth-order valence-electron chi connectivity index (χ4n) is 5.23. The number of rotatable bonds is 11. The molecule has 0 radical (unpaired) electrons. The van der Waals surface area contributed by atoms with Crippen molar-refractivity contribution in [1.82, 2.24) is 15.1 Å². The standard InChI is InChI=1S/C25H39N3O2/c29-25-6-3-15-28(25)16-4-11-26-12-5-17-30-24-10-9-22-18-21(7-8-23(22)19-24)20-27-13-1-2-14-27/h9-10,19,21,26H,1-8,11-18,20H2. The van der Waals surface area contributed by atoms with Crippen molar-refractivity contribution in [2.45, 2.75) is 57.8 Å². The number of likely N-dealkylation sites (tertiary alicyclic amines) is 2. The topological polar surface area (TPSA) is 44.8 Å². The molecule has 5 heteroatoms. The molecule has 2 fully saturated rings. The van der Waals surface area contributed by atoms with E-state index in [4.69, 9.17) is 4.74 Å². The third-order valence-corrected chi connectivity index (χ3v) is 6.94. The lowest BCUT2D eigenvalue weighted by Gasteiger charge is -2.28. The van der Waals surface area contributed by atoms with Gasteiger partial charge in [0.25, 0.3) is 0 Å². The van der Waals surface area contributed by atoms with Gasteiger partial charge in [0.1, 0.15) is 5.75 Å². The number of aryl methyl sites for hydroxylation is 1. The monoisotopic (exact) mass is 413 g/mol. The van der Waals surface area contributed by atoms with E-state index in [2.05, 4.69) is 28.4 Å². The van der Waals surface area contributed by atoms with Crippen molar-refractivity contribution in [3.05, 3.63) is 29.3 Å². The predicted molar refractivity (Wildman–Crippen MR) is 121 cm³/mol. The number of benzene rings is 1. The lowest BCUT2D eigenvalue weighted by atomic mass is 9.83. The van der Waals surface area contributed by atoms with Crippen molar-refractivity contribution in [3.8, 4) is 5.75 Å². The Morgan fingerprint density at radius 1 is 1.00 bits per heavy atom. The van der Waals surface area contributed by atoms with Crippen LogP contribution >= 0.6 is 0 Å². The Labute approximate surface area is 182 Å². The van der Waals surface area contributed by atoms with Gasteiger partial charge in [-0.15, -0.1) is 0 Å². The smallest absolute Gasteiger partial charge is 0.222 e. The van der Waals surface area contributed by atoms with Crippen LogP contribution in [0.3, 0.4) is 0 Å². The molecule has 1 aromatic rings. The first kappa shape index (κ1) is 21.6. The van der Waals surface area contributed by atoms with Crippen LogP contribution in [0.5, 0.6) is 5.75 Å². The Hall–Kier alpha value is -1.59. The molecule has 5 nitrogen and oxygen atoms in total. The van der Waals surface area contributed by atoms with Crippen molar-refractivity contribution in [3.63, 3.8) is 0 Å². The van der Waals surface area contributed by atoms with E-state index >= 15 is 0 Å². The highest BCUT2D eigenvalue weighted by molar-refractivity contribution is 5.77. The number of hydrogen-bond acceptors (Lipinski definition) is 4. The second-order valence-electron chi connectivity index (χ2n) is 9.34. The second kappa shape index (κ2) is 11.1. The molecule has 1 N–H and O–H groups in total. The van der Waals surface area contributed by atoms with Crippen LogP contribution in [-0.4, -0.2) is 68.1 Å². The molecule has 1 aromatic carbocycles. The van der Waals surface area contributed by atoms with Gasteiger partial charge in [-0.2, -0.15) is 0 Å². The summed E-state index contributed by atoms with van der Waals surface area (Å²) >= 11 is 0. The number of hydrogen-bond donors (Lipinski definition) is 1. The molecule has 30 heavy (non-hydrogen) atoms. The summed E-state index contributed by atoms with van der Waals surface area (Å²) in [5.74, 6) is 2.19. The van der Waals surface area contributed by atoms with E-state index in [1.807, 2.05) is 4.90 Å². The SMILES string of the molecule is O=C1CCCN1CCCNCCCOc1ccc2c(c1)CCC(CN1CCCC1)C2. The summed E-state index contributed by atoms with van der Waals surface area (Å²) in [6, 6.07) is 6.75. The Kier molecular flexibility index (Phi) is 8.04. The van der Waals surface area contributed by atoms with Crippen LogP contribution in [0.4, 0.5) is 0 Å². The van der Waals surface area contributed by atoms with Gasteiger partial charge in [0, 0.05) is 26.1 Å². The summed E-state index contributed by atoms with van der Waals surface area (Å²) in [4.78, 5) is 16.2. The van der Waals surface area contributed by atoms with Crippen LogP contribution in [-0.2, 0) is 17.6 Å². The van der Waals surface area contributed by atoms with Crippen LogP contribution in [0.15, 0.2) is 18.2 Å². The largest absolute Gasteiger partial charge is 0.494 e. The summed E-state index contributed by atoms with van der Waals surface area (Å²) in [6.07, 6.45) is 10.4. The Bertz CT molecular complexity index is 687. The predicted octanol–water partition coefficient (Wildman–Crippen LogP) is 3.26. The van der Waals surface area contributed by atoms with E-state index in [-0.39, 0.29) is 0 Å². The number of nitrogens with one attached hydrogen (secondary N) is 1. The first-order valence-corrected chi connectivity index (χ1v) is 12.2. The molecule has 0 aromatic heterocycles. The Balaban J connectivity index is 1.08. The molecular weight excluding hydrogens is 374 g/mol. The van der Waals surface area contributed by atoms with Crippen molar-refractivity contribution in [2.75, 3.05) is 52.4 Å². The highest BCUT2D eigenvalue weighted by atomic mass is 16.5. The molecule has 0 spiro atoms. The summed E-state index contributed by atoms with van der Waals surface area (Å²) in [7, 11) is 0. The highest BCUT2D eigenvalue weighted by Crippen LogP contribution is 2.29. The molecule has 4 rings (SSSR count). The highest BCUT2D eigenvalue weighted by Gasteiger charge is 2.23. The molecule has 3 aliphatic rings. The van der Waals surface area contributed by atoms with Crippen molar-refractivity contribution < 1.29 is 9.53 Å². The van der Waals surface area contributed by atoms with Crippen LogP contribution in [0.2, 0.25) is 0 Å². The number of nitrogens with zero attached hydrogens (tertiary/aromatic N) is 2. The van der Waals surface area contributed by atoms with E-state index in [0.29, 0.717) is 5.91 Å². The van der Waals surface area contributed by atoms with Crippen LogP contribution in [0.25, 0.3) is 0 Å². The molecule has 1 atom stereocenters. The number of carbonyl (C=O) groups is 1. The third kappa shape index (κ3) is 6.21. The molecular formula is C25H39N3O2. The quantitative estimate of drug-likeness (QED) is 0.566. The molecule has 1 aliphatic carbocycles. The normalized spacial score (nSPS) is 21.9. The zero-order valence-corrected chi connectivity index (χ0v) is 18.5. The van der Waals surface area contributed by atoms with Crippen LogP contribution in [0, 0.1) is 5.92 Å². The molecule has 0 saturated carbocycles. The molecule has 0 bridgehead atoms. The molecule has 1 amide bonds. The van der Waals surface area contributed by atoms with Crippen LogP contribution < -0.4 is 10.1 Å². The molecule has 2 saturated heterocycles. The van der Waals surface area contributed by atoms with Gasteiger partial charge in [-0.1, -0.05) is 6.07 Å². The maximum atomic E-state index is 11.6. The lowest BCUT2D eigenvalue weighted by molar-refractivity contribution is -0.127. The average Bonchev–Trinajstić information content (AvgIpc) is 3.42. The number of carbonyl (C=O) groups excluding carboxylic acids is 1. The summed E-state index contributed by atoms with van der Waals surface area (Å²) < 4.78 is 6.01. The van der Waals surface area contributed by atoms with Gasteiger partial charge in [0.2, 0.25) is 5.91 Å². The Morgan fingerprint density at radius 2 is 1.87 bits per heavy atom. The van der Waals surface area contributed by atoms with E-state index in [1.54, 1.807) is 0 Å². The van der Waals surface area contributed by atoms with Gasteiger partial charge >= 0.3 is 0 Å². The molecule has 166 valence electrons. The van der Waals surface area contributed by atoms with Crippen LogP contribution in [0.1, 0.15) is 56.1 Å². The average molecular weight is 414 g/mol. The zero-order valence-electron chi connectivity index (χ0n) is 18.5. The van der Waals surface area contributed by atoms with Gasteiger partial charge in [0.15, 0.2) is 0 Å². The first-order chi connectivity index (χ1) is 14.8. The number of ether oxygens (including phenoxy) is 1. The van der Waals surface area contributed by atoms with Gasteiger partial charge in [-0.05, 0) is 107 Å². The van der Waals surface area contributed by atoms with Gasteiger partial charge in [0.05, 0.1) is 6.61 Å². The molecule has 1 unspecified atom stereocenters. The van der Waals surface area contributed by atoms with E-state index < -0.39 is 0 Å². The summed E-state index contributed by atoms with van der Waals surface area (Å²) in [6.45, 7) is 8.46. The van der Waals surface area contributed by atoms with Gasteiger partial charge in [-0.3, -0.25) is 4.79 Å². The van der Waals surface area contributed by atoms with E-state index in [9.17, 15) is 4.79 Å². The minimum absolute atomic E-state index is 0.329. The minimum atomic E-state index is 0.329. The number of amides is 1. The lowest BCUT2D eigenvalue weighted by Crippen LogP contribution is -2.30. The van der Waals surface area contributed by atoms with Crippen molar-refractivity contribution >= 4 is 5.91 Å². The van der Waals surface area contributed by atoms with Gasteiger partial charge in [-0.25, -0.2) is 0 Å². The number of fused-ring (bicyclic) bond motifs is 1. The summed E-state index contributed by atoms with van der Waals surface area (Å²) in [5, 5.41) is 3.47. The molecule has 2 heterocycles. The fourth-order valence-corrected chi connectivity index (χ4v) is 5.23. The fraction of sp³-hybridized carbons (Fsp3) is 0.720. The third-order valence-electron chi connectivity index (χ3n) is 6.94. The maximum Gasteiger partial charge on any atom is 0.222 e. The Morgan fingerprint density at radius 3 is 2.70 bits per heavy atom. The first-order valence-electron chi connectivity index (χ1n) is 12.2. The maximum absolute atomic E-state index is 11.6. The van der Waals surface area contributed by atoms with Crippen molar-refractivity contribution in [2.24, 2.45) is 5.92 Å². The second-order valence-corrected chi connectivity index (χ2v) is 9.34. The van der Waals surface area contributed by atoms with Gasteiger partial charge < -0.3 is 19.9 Å². The van der Waals surface area contributed by atoms with E-state index in [1.165, 1.54) is 62.9 Å². The summed E-state index contributed by atoms with van der Waals surface area (Å²) in [5.41, 5.74) is 3.04. The minimum Gasteiger partial charge on any atom is -0.494 e.